The second-order valence-corrected chi connectivity index (χ2v) is 14.2. The fraction of sp³-hybridized carbons (Fsp3) is 0.238. The molecule has 4 aromatic carbocycles. The van der Waals surface area contributed by atoms with Crippen molar-refractivity contribution in [1.29, 1.82) is 0 Å². The van der Waals surface area contributed by atoms with Crippen molar-refractivity contribution in [1.82, 2.24) is 19.9 Å². The number of aryl methyl sites for hydroxylation is 2. The fourth-order valence-electron chi connectivity index (χ4n) is 5.64. The summed E-state index contributed by atoms with van der Waals surface area (Å²) in [5, 5.41) is 0. The summed E-state index contributed by atoms with van der Waals surface area (Å²) in [6, 6.07) is 37.6. The molecule has 2 heterocycles. The zero-order chi connectivity index (χ0) is 32.6. The van der Waals surface area contributed by atoms with Gasteiger partial charge in [-0.05, 0) is 41.6 Å². The van der Waals surface area contributed by atoms with E-state index in [9.17, 15) is 0 Å². The molecule has 4 nitrogen and oxygen atoms in total. The van der Waals surface area contributed by atoms with Gasteiger partial charge in [0.2, 0.25) is 0 Å². The summed E-state index contributed by atoms with van der Waals surface area (Å²) in [6.07, 6.45) is 1.85. The molecule has 0 saturated carbocycles. The van der Waals surface area contributed by atoms with E-state index in [0.29, 0.717) is 11.6 Å². The van der Waals surface area contributed by atoms with Crippen molar-refractivity contribution in [3.05, 3.63) is 132 Å². The van der Waals surface area contributed by atoms with Crippen LogP contribution in [0.25, 0.3) is 56.3 Å². The van der Waals surface area contributed by atoms with E-state index < -0.39 is 0 Å². The molecule has 0 fully saturated rings. The van der Waals surface area contributed by atoms with Gasteiger partial charge in [0.25, 0.3) is 0 Å². The molecule has 0 unspecified atom stereocenters. The van der Waals surface area contributed by atoms with E-state index in [-0.39, 0.29) is 30.9 Å². The molecule has 0 amide bonds. The molecule has 0 saturated heterocycles. The van der Waals surface area contributed by atoms with E-state index in [4.69, 9.17) is 19.9 Å². The Morgan fingerprint density at radius 1 is 0.553 bits per heavy atom. The molecule has 0 aliphatic carbocycles. The van der Waals surface area contributed by atoms with Crippen LogP contribution in [0.3, 0.4) is 0 Å². The molecular weight excluding hydrogens is 753 g/mol. The standard InChI is InChI=1S/C42H41N4.Ir/c1-27-23-28(2)25-33(24-27)36-12-10-9-11-35(36)29-13-15-30(16-14-29)37-22-19-32(26-43-37)39-44-38(45-40(46-39)42(6,7)8)31-17-20-34(21-18-31)41(3,4)5;/h9-15,17-26H,1-8H3;/q-1;. The van der Waals surface area contributed by atoms with Crippen LogP contribution in [-0.2, 0) is 30.9 Å². The van der Waals surface area contributed by atoms with Crippen molar-refractivity contribution < 1.29 is 20.1 Å². The van der Waals surface area contributed by atoms with Crippen LogP contribution in [0.2, 0.25) is 0 Å². The minimum Gasteiger partial charge on any atom is -0.304 e. The summed E-state index contributed by atoms with van der Waals surface area (Å²) < 4.78 is 0. The largest absolute Gasteiger partial charge is 0.304 e. The monoisotopic (exact) mass is 794 g/mol. The van der Waals surface area contributed by atoms with Crippen molar-refractivity contribution in [2.24, 2.45) is 0 Å². The molecule has 0 spiro atoms. The van der Waals surface area contributed by atoms with Gasteiger partial charge in [0.05, 0.1) is 0 Å². The summed E-state index contributed by atoms with van der Waals surface area (Å²) in [5.41, 5.74) is 12.0. The first-order valence-electron chi connectivity index (χ1n) is 15.9. The Labute approximate surface area is 293 Å². The first-order valence-corrected chi connectivity index (χ1v) is 15.9. The molecule has 2 aromatic heterocycles. The molecule has 47 heavy (non-hydrogen) atoms. The van der Waals surface area contributed by atoms with Crippen LogP contribution in [0.5, 0.6) is 0 Å². The zero-order valence-electron chi connectivity index (χ0n) is 28.4. The number of rotatable bonds is 5. The van der Waals surface area contributed by atoms with Crippen LogP contribution in [0, 0.1) is 19.9 Å². The van der Waals surface area contributed by atoms with Gasteiger partial charge in [-0.2, -0.15) is 0 Å². The molecule has 6 aromatic rings. The summed E-state index contributed by atoms with van der Waals surface area (Å²) in [5.74, 6) is 2.04. The van der Waals surface area contributed by atoms with Crippen molar-refractivity contribution in [2.75, 3.05) is 0 Å². The summed E-state index contributed by atoms with van der Waals surface area (Å²) in [7, 11) is 0. The number of pyridine rings is 1. The van der Waals surface area contributed by atoms with Crippen molar-refractivity contribution in [3.8, 4) is 56.3 Å². The Morgan fingerprint density at radius 2 is 1.13 bits per heavy atom. The van der Waals surface area contributed by atoms with E-state index >= 15 is 0 Å². The summed E-state index contributed by atoms with van der Waals surface area (Å²) in [4.78, 5) is 19.5. The number of aromatic nitrogens is 4. The van der Waals surface area contributed by atoms with Gasteiger partial charge in [-0.1, -0.05) is 143 Å². The Balaban J connectivity index is 0.00000433. The van der Waals surface area contributed by atoms with E-state index in [1.54, 1.807) is 0 Å². The Hall–Kier alpha value is -4.31. The molecule has 0 aliphatic heterocycles. The molecule has 0 N–H and O–H groups in total. The predicted molar refractivity (Wildman–Crippen MR) is 191 cm³/mol. The van der Waals surface area contributed by atoms with Crippen LogP contribution in [0.1, 0.15) is 64.1 Å². The van der Waals surface area contributed by atoms with E-state index in [2.05, 4.69) is 146 Å². The second-order valence-electron chi connectivity index (χ2n) is 14.2. The average molecular weight is 794 g/mol. The van der Waals surface area contributed by atoms with Crippen LogP contribution in [0.4, 0.5) is 0 Å². The SMILES string of the molecule is Cc1cc(C)cc(-c2ccccc2-c2c[c-]c(-c3ccc(-c4nc(-c5ccc(C(C)(C)C)cc5)nc(C(C)(C)C)n4)cn3)cc2)c1.[Ir]. The quantitative estimate of drug-likeness (QED) is 0.163. The van der Waals surface area contributed by atoms with Crippen LogP contribution >= 0.6 is 0 Å². The van der Waals surface area contributed by atoms with E-state index in [1.165, 1.54) is 33.4 Å². The minimum atomic E-state index is -0.237. The molecular formula is C42H41IrN4-. The number of hydrogen-bond donors (Lipinski definition) is 0. The maximum Gasteiger partial charge on any atom is 0.165 e. The normalized spacial score (nSPS) is 11.7. The third-order valence-electron chi connectivity index (χ3n) is 8.20. The van der Waals surface area contributed by atoms with E-state index in [0.717, 1.165) is 33.8 Å². The maximum atomic E-state index is 4.90. The zero-order valence-corrected chi connectivity index (χ0v) is 30.8. The molecule has 0 atom stereocenters. The van der Waals surface area contributed by atoms with Crippen LogP contribution in [-0.4, -0.2) is 19.9 Å². The third-order valence-corrected chi connectivity index (χ3v) is 8.20. The van der Waals surface area contributed by atoms with Crippen molar-refractivity contribution in [2.45, 2.75) is 66.2 Å². The molecule has 0 aliphatic rings. The first-order chi connectivity index (χ1) is 21.8. The third kappa shape index (κ3) is 7.64. The summed E-state index contributed by atoms with van der Waals surface area (Å²) in [6.45, 7) is 17.3. The van der Waals surface area contributed by atoms with Gasteiger partial charge in [-0.3, -0.25) is 0 Å². The summed E-state index contributed by atoms with van der Waals surface area (Å²) >= 11 is 0. The van der Waals surface area contributed by atoms with E-state index in [1.807, 2.05) is 18.3 Å². The Morgan fingerprint density at radius 3 is 1.66 bits per heavy atom. The Kier molecular flexibility index (Phi) is 9.73. The Bertz CT molecular complexity index is 1980. The first kappa shape index (κ1) is 34.0. The fourth-order valence-corrected chi connectivity index (χ4v) is 5.64. The maximum absolute atomic E-state index is 4.90. The van der Waals surface area contributed by atoms with Gasteiger partial charge in [0.15, 0.2) is 11.6 Å². The van der Waals surface area contributed by atoms with Gasteiger partial charge < -0.3 is 4.98 Å². The minimum absolute atomic E-state index is 0. The predicted octanol–water partition coefficient (Wildman–Crippen LogP) is 10.6. The van der Waals surface area contributed by atoms with Gasteiger partial charge in [0.1, 0.15) is 5.82 Å². The van der Waals surface area contributed by atoms with Crippen LogP contribution in [0.15, 0.2) is 103 Å². The van der Waals surface area contributed by atoms with Gasteiger partial charge in [0, 0.05) is 42.8 Å². The molecule has 1 radical (unpaired) electrons. The molecule has 5 heteroatoms. The number of benzene rings is 4. The molecule has 0 bridgehead atoms. The van der Waals surface area contributed by atoms with Gasteiger partial charge in [-0.15, -0.1) is 29.8 Å². The second kappa shape index (κ2) is 13.4. The number of nitrogens with zero attached hydrogens (tertiary/aromatic N) is 4. The van der Waals surface area contributed by atoms with Crippen molar-refractivity contribution >= 4 is 0 Å². The van der Waals surface area contributed by atoms with Gasteiger partial charge >= 0.3 is 0 Å². The topological polar surface area (TPSA) is 51.6 Å². The smallest absolute Gasteiger partial charge is 0.165 e. The number of hydrogen-bond acceptors (Lipinski definition) is 4. The van der Waals surface area contributed by atoms with Gasteiger partial charge in [-0.25, -0.2) is 15.0 Å². The van der Waals surface area contributed by atoms with Crippen molar-refractivity contribution in [3.63, 3.8) is 0 Å². The average Bonchev–Trinajstić information content (AvgIpc) is 3.03. The molecule has 6 rings (SSSR count). The van der Waals surface area contributed by atoms with Crippen LogP contribution < -0.4 is 0 Å². The molecule has 239 valence electrons.